The number of carbonyl (C=O) groups excluding carboxylic acids is 1. The van der Waals surface area contributed by atoms with Crippen molar-refractivity contribution in [2.45, 2.75) is 76.9 Å². The number of carbonyl (C=O) groups is 1. The first kappa shape index (κ1) is 35.1. The van der Waals surface area contributed by atoms with Gasteiger partial charge < -0.3 is 25.2 Å². The van der Waals surface area contributed by atoms with Gasteiger partial charge in [-0.05, 0) is 88.4 Å². The number of anilines is 2. The van der Waals surface area contributed by atoms with E-state index in [1.54, 1.807) is 26.2 Å². The lowest BCUT2D eigenvalue weighted by Gasteiger charge is -2.14. The summed E-state index contributed by atoms with van der Waals surface area (Å²) in [6, 6.07) is 2.51. The molecular weight excluding hydrogens is 646 g/mol. The van der Waals surface area contributed by atoms with E-state index in [9.17, 15) is 9.18 Å². The number of aromatic nitrogens is 6. The van der Waals surface area contributed by atoms with Crippen molar-refractivity contribution in [1.29, 1.82) is 0 Å². The number of hydrogen-bond donors (Lipinski definition) is 2. The molecule has 3 saturated heterocycles. The maximum atomic E-state index is 15.4. The zero-order chi connectivity index (χ0) is 35.4. The van der Waals surface area contributed by atoms with Crippen LogP contribution >= 0.6 is 0 Å². The van der Waals surface area contributed by atoms with Gasteiger partial charge in [-0.25, -0.2) is 13.8 Å². The van der Waals surface area contributed by atoms with Crippen molar-refractivity contribution in [3.05, 3.63) is 47.0 Å². The average molecular weight is 691 g/mol. The van der Waals surface area contributed by atoms with Gasteiger partial charge in [0.2, 0.25) is 5.91 Å². The smallest absolute Gasteiger partial charge is 0.318 e. The summed E-state index contributed by atoms with van der Waals surface area (Å²) in [4.78, 5) is 36.7. The van der Waals surface area contributed by atoms with Crippen molar-refractivity contribution in [2.75, 3.05) is 51.4 Å². The van der Waals surface area contributed by atoms with Gasteiger partial charge in [0.1, 0.15) is 29.0 Å². The maximum absolute atomic E-state index is 15.4. The molecule has 0 spiro atoms. The number of pyridine rings is 2. The number of nitrogen functional groups attached to an aromatic ring is 1. The van der Waals surface area contributed by atoms with E-state index in [1.807, 2.05) is 17.9 Å². The van der Waals surface area contributed by atoms with E-state index in [0.717, 1.165) is 62.9 Å². The quantitative estimate of drug-likeness (QED) is 0.253. The third-order valence-electron chi connectivity index (χ3n) is 9.37. The van der Waals surface area contributed by atoms with E-state index >= 15 is 4.39 Å². The van der Waals surface area contributed by atoms with E-state index in [0.29, 0.717) is 52.9 Å². The van der Waals surface area contributed by atoms with Crippen molar-refractivity contribution in [1.82, 2.24) is 39.9 Å². The highest BCUT2D eigenvalue weighted by Gasteiger charge is 2.35. The molecule has 50 heavy (non-hydrogen) atoms. The molecule has 1 aliphatic carbocycles. The number of likely N-dealkylation sites (tertiary alicyclic amines) is 1. The first-order valence-corrected chi connectivity index (χ1v) is 17.2. The van der Waals surface area contributed by atoms with Gasteiger partial charge in [0, 0.05) is 51.1 Å². The lowest BCUT2D eigenvalue weighted by molar-refractivity contribution is -0.124. The van der Waals surface area contributed by atoms with Crippen molar-refractivity contribution in [3.8, 4) is 17.4 Å². The molecule has 13 nitrogen and oxygen atoms in total. The molecule has 1 saturated carbocycles. The Morgan fingerprint density at radius 3 is 2.52 bits per heavy atom. The number of halogens is 2. The minimum absolute atomic E-state index is 0.0170. The summed E-state index contributed by atoms with van der Waals surface area (Å²) < 4.78 is 38.0. The Labute approximate surface area is 289 Å². The van der Waals surface area contributed by atoms with Gasteiger partial charge in [-0.2, -0.15) is 15.0 Å². The molecule has 0 bridgehead atoms. The van der Waals surface area contributed by atoms with Crippen LogP contribution in [0.25, 0.3) is 28.4 Å². The van der Waals surface area contributed by atoms with E-state index in [4.69, 9.17) is 15.0 Å². The number of hydrogen-bond acceptors (Lipinski definition) is 12. The second-order valence-corrected chi connectivity index (χ2v) is 13.1. The Bertz CT molecular complexity index is 1850. The highest BCUT2D eigenvalue weighted by molar-refractivity contribution is 5.92. The lowest BCUT2D eigenvalue weighted by atomic mass is 9.99. The Kier molecular flexibility index (Phi) is 10.8. The first-order valence-electron chi connectivity index (χ1n) is 17.2. The molecule has 4 aromatic heterocycles. The molecule has 2 atom stereocenters. The summed E-state index contributed by atoms with van der Waals surface area (Å²) >= 11 is 0. The molecule has 266 valence electrons. The van der Waals surface area contributed by atoms with E-state index < -0.39 is 12.0 Å². The molecule has 8 rings (SSSR count). The molecule has 4 fully saturated rings. The molecule has 4 aromatic rings. The molecule has 15 heteroatoms. The number of nitrogens with one attached hydrogen (secondary N) is 1. The molecule has 4 aliphatic rings. The highest BCUT2D eigenvalue weighted by Crippen LogP contribution is 2.46. The molecule has 3 N–H and O–H groups in total. The molecule has 1 amide bonds. The maximum Gasteiger partial charge on any atom is 0.318 e. The van der Waals surface area contributed by atoms with Crippen LogP contribution in [0.15, 0.2) is 22.9 Å². The molecular formula is C35H44F2N10O3. The Morgan fingerprint density at radius 1 is 1.08 bits per heavy atom. The summed E-state index contributed by atoms with van der Waals surface area (Å²) in [6.07, 6.45) is 11.7. The van der Waals surface area contributed by atoms with Crippen molar-refractivity contribution in [2.24, 2.45) is 0 Å². The van der Waals surface area contributed by atoms with Crippen LogP contribution in [-0.4, -0.2) is 98.3 Å². The van der Waals surface area contributed by atoms with Gasteiger partial charge in [0.05, 0.1) is 18.2 Å². The predicted octanol–water partition coefficient (Wildman–Crippen LogP) is 5.25. The van der Waals surface area contributed by atoms with Crippen LogP contribution in [0.4, 0.5) is 20.4 Å². The number of nitrogens with two attached hydrogens (primary N) is 1. The van der Waals surface area contributed by atoms with Crippen LogP contribution in [-0.2, 0) is 4.79 Å². The standard InChI is InChI=1S/C18H19FN6O.C10H13N3O2.C7H12FN/c1-8-6-11(20)23-15(12(8)9-4-5-9)16-13(19)14-10(7-22-16)17(21-2)25-18(24-14)26-3;1-8-11-9(15-12-8)4-5-10(14)13-6-2-3-7-13;8-6-4-7-2-1-3-9(7)5-6/h6-7,9H,4-5H2,1-3H3,(H2,20,23)(H,21,24,25);4-5H,2-3,6-7H2,1H3;6-7H,1-5H2/b;5-4+;. The Hall–Kier alpha value is -4.79. The summed E-state index contributed by atoms with van der Waals surface area (Å²) in [7, 11) is 3.13. The van der Waals surface area contributed by atoms with Crippen LogP contribution in [0.2, 0.25) is 0 Å². The fourth-order valence-corrected chi connectivity index (χ4v) is 6.85. The van der Waals surface area contributed by atoms with Gasteiger partial charge in [-0.15, -0.1) is 0 Å². The number of nitrogens with zero attached hydrogens (tertiary/aromatic N) is 8. The van der Waals surface area contributed by atoms with Gasteiger partial charge >= 0.3 is 6.01 Å². The summed E-state index contributed by atoms with van der Waals surface area (Å²) in [5, 5.41) is 7.02. The van der Waals surface area contributed by atoms with Gasteiger partial charge in [0.15, 0.2) is 11.6 Å². The second kappa shape index (κ2) is 15.4. The zero-order valence-corrected chi connectivity index (χ0v) is 29.0. The normalized spacial score (nSPS) is 20.0. The molecule has 0 aromatic carbocycles. The topological polar surface area (TPSA) is 161 Å². The third kappa shape index (κ3) is 7.98. The van der Waals surface area contributed by atoms with E-state index in [-0.39, 0.29) is 23.1 Å². The average Bonchev–Trinajstić information content (AvgIpc) is 3.45. The Balaban J connectivity index is 0.000000150. The zero-order valence-electron chi connectivity index (χ0n) is 29.0. The van der Waals surface area contributed by atoms with Crippen LogP contribution in [0.3, 0.4) is 0 Å². The number of ether oxygens (including phenoxy) is 1. The number of fused-ring (bicyclic) bond motifs is 2. The minimum Gasteiger partial charge on any atom is -0.467 e. The second-order valence-electron chi connectivity index (χ2n) is 13.1. The fraction of sp³-hybridized carbons (Fsp3) is 0.514. The first-order chi connectivity index (χ1) is 24.1. The Morgan fingerprint density at radius 2 is 1.86 bits per heavy atom. The number of aryl methyl sites for hydroxylation is 2. The van der Waals surface area contributed by atoms with Crippen molar-refractivity contribution < 1.29 is 22.8 Å². The highest BCUT2D eigenvalue weighted by atomic mass is 19.1. The summed E-state index contributed by atoms with van der Waals surface area (Å²) in [5.41, 5.74) is 8.72. The van der Waals surface area contributed by atoms with Crippen molar-refractivity contribution in [3.63, 3.8) is 0 Å². The molecule has 2 unspecified atom stereocenters. The summed E-state index contributed by atoms with van der Waals surface area (Å²) in [6.45, 7) is 7.27. The molecule has 3 aliphatic heterocycles. The van der Waals surface area contributed by atoms with Crippen LogP contribution in [0.1, 0.15) is 73.7 Å². The van der Waals surface area contributed by atoms with Gasteiger partial charge in [-0.1, -0.05) is 5.16 Å². The molecule has 0 radical (unpaired) electrons. The SMILES string of the molecule is CNc1nc(OC)nc2c(F)c(-c3nc(N)cc(C)c3C3CC3)ncc12.Cc1noc(/C=C/C(=O)N2CCCC2)n1.FC1CC2CCCN2C1. The fourth-order valence-electron chi connectivity index (χ4n) is 6.85. The lowest BCUT2D eigenvalue weighted by Crippen LogP contribution is -2.25. The minimum atomic E-state index is -0.556. The van der Waals surface area contributed by atoms with E-state index in [2.05, 4.69) is 40.3 Å². The predicted molar refractivity (Wildman–Crippen MR) is 186 cm³/mol. The monoisotopic (exact) mass is 690 g/mol. The molecule has 7 heterocycles. The van der Waals surface area contributed by atoms with Crippen LogP contribution in [0, 0.1) is 19.7 Å². The summed E-state index contributed by atoms with van der Waals surface area (Å²) in [5.74, 6) is 1.58. The third-order valence-corrected chi connectivity index (χ3v) is 9.37. The van der Waals surface area contributed by atoms with E-state index in [1.165, 1.54) is 26.0 Å². The largest absolute Gasteiger partial charge is 0.467 e. The van der Waals surface area contributed by atoms with Gasteiger partial charge in [0.25, 0.3) is 5.89 Å². The van der Waals surface area contributed by atoms with Crippen LogP contribution in [0.5, 0.6) is 6.01 Å². The number of methoxy groups -OCH3 is 1. The number of alkyl halides is 1. The van der Waals surface area contributed by atoms with Crippen LogP contribution < -0.4 is 15.8 Å². The van der Waals surface area contributed by atoms with Gasteiger partial charge in [-0.3, -0.25) is 14.7 Å². The van der Waals surface area contributed by atoms with Crippen molar-refractivity contribution >= 4 is 34.5 Å². The number of amides is 1. The number of rotatable bonds is 6.